The third-order valence-corrected chi connectivity index (χ3v) is 4.57. The van der Waals surface area contributed by atoms with Gasteiger partial charge < -0.3 is 15.5 Å². The summed E-state index contributed by atoms with van der Waals surface area (Å²) in [7, 11) is 2.26. The number of hydrogen-bond donors (Lipinski definition) is 1. The van der Waals surface area contributed by atoms with Gasteiger partial charge in [0.15, 0.2) is 0 Å². The fraction of sp³-hybridized carbons (Fsp3) is 1.00. The third kappa shape index (κ3) is 5.25. The standard InChI is InChI=1S/C15H33N3/c1-4-14(8-9-16)7-6-10-18-12-11-17(3)15(5-2)13-18/h14-15H,4-13,16H2,1-3H3. The van der Waals surface area contributed by atoms with Crippen LogP contribution in [0.1, 0.15) is 46.0 Å². The summed E-state index contributed by atoms with van der Waals surface area (Å²) in [5, 5.41) is 0. The highest BCUT2D eigenvalue weighted by Crippen LogP contribution is 2.16. The van der Waals surface area contributed by atoms with Crippen molar-refractivity contribution in [1.82, 2.24) is 9.80 Å². The second-order valence-electron chi connectivity index (χ2n) is 5.84. The Morgan fingerprint density at radius 3 is 2.61 bits per heavy atom. The zero-order chi connectivity index (χ0) is 13.4. The van der Waals surface area contributed by atoms with Crippen LogP contribution in [0.5, 0.6) is 0 Å². The lowest BCUT2D eigenvalue weighted by Gasteiger charge is -2.39. The monoisotopic (exact) mass is 255 g/mol. The van der Waals surface area contributed by atoms with Crippen molar-refractivity contribution < 1.29 is 0 Å². The van der Waals surface area contributed by atoms with E-state index in [4.69, 9.17) is 5.73 Å². The summed E-state index contributed by atoms with van der Waals surface area (Å²) >= 11 is 0. The molecule has 1 fully saturated rings. The van der Waals surface area contributed by atoms with Crippen LogP contribution in [0.4, 0.5) is 0 Å². The van der Waals surface area contributed by atoms with Crippen molar-refractivity contribution >= 4 is 0 Å². The zero-order valence-electron chi connectivity index (χ0n) is 12.7. The molecule has 0 aromatic rings. The second-order valence-corrected chi connectivity index (χ2v) is 5.84. The van der Waals surface area contributed by atoms with Crippen molar-refractivity contribution in [1.29, 1.82) is 0 Å². The van der Waals surface area contributed by atoms with E-state index in [9.17, 15) is 0 Å². The average Bonchev–Trinajstić information content (AvgIpc) is 2.39. The molecule has 0 spiro atoms. The first-order valence-corrected chi connectivity index (χ1v) is 7.83. The Bertz CT molecular complexity index is 208. The molecule has 0 saturated carbocycles. The maximum Gasteiger partial charge on any atom is 0.0218 e. The molecule has 0 radical (unpaired) electrons. The summed E-state index contributed by atoms with van der Waals surface area (Å²) in [5.41, 5.74) is 5.66. The molecule has 1 saturated heterocycles. The van der Waals surface area contributed by atoms with Gasteiger partial charge in [-0.2, -0.15) is 0 Å². The summed E-state index contributed by atoms with van der Waals surface area (Å²) in [6, 6.07) is 0.768. The van der Waals surface area contributed by atoms with Crippen LogP contribution >= 0.6 is 0 Å². The van der Waals surface area contributed by atoms with Crippen LogP contribution < -0.4 is 5.73 Å². The first-order chi connectivity index (χ1) is 8.71. The molecule has 2 atom stereocenters. The number of hydrogen-bond acceptors (Lipinski definition) is 3. The van der Waals surface area contributed by atoms with Crippen LogP contribution in [0.15, 0.2) is 0 Å². The number of likely N-dealkylation sites (N-methyl/N-ethyl adjacent to an activating group) is 1. The number of rotatable bonds is 8. The maximum atomic E-state index is 5.66. The Balaban J connectivity index is 2.19. The first kappa shape index (κ1) is 15.9. The third-order valence-electron chi connectivity index (χ3n) is 4.57. The van der Waals surface area contributed by atoms with E-state index in [1.165, 1.54) is 58.3 Å². The predicted octanol–water partition coefficient (Wildman–Crippen LogP) is 2.17. The lowest BCUT2D eigenvalue weighted by atomic mass is 9.96. The van der Waals surface area contributed by atoms with Crippen LogP contribution in [0.2, 0.25) is 0 Å². The SMILES string of the molecule is CCC(CCN)CCCN1CCN(C)C(CC)C1. The van der Waals surface area contributed by atoms with Gasteiger partial charge in [0.05, 0.1) is 0 Å². The topological polar surface area (TPSA) is 32.5 Å². The minimum absolute atomic E-state index is 0.768. The number of nitrogens with two attached hydrogens (primary N) is 1. The molecule has 2 unspecified atom stereocenters. The fourth-order valence-corrected chi connectivity index (χ4v) is 3.05. The molecule has 2 N–H and O–H groups in total. The number of nitrogens with zero attached hydrogens (tertiary/aromatic N) is 2. The average molecular weight is 255 g/mol. The molecule has 0 amide bonds. The smallest absolute Gasteiger partial charge is 0.0218 e. The van der Waals surface area contributed by atoms with Crippen molar-refractivity contribution in [2.24, 2.45) is 11.7 Å². The highest BCUT2D eigenvalue weighted by atomic mass is 15.3. The summed E-state index contributed by atoms with van der Waals surface area (Å²) in [4.78, 5) is 5.17. The Morgan fingerprint density at radius 1 is 1.22 bits per heavy atom. The van der Waals surface area contributed by atoms with E-state index in [0.717, 1.165) is 18.5 Å². The molecule has 1 rings (SSSR count). The van der Waals surface area contributed by atoms with Crippen molar-refractivity contribution in [3.05, 3.63) is 0 Å². The van der Waals surface area contributed by atoms with Gasteiger partial charge in [-0.25, -0.2) is 0 Å². The van der Waals surface area contributed by atoms with Gasteiger partial charge in [-0.05, 0) is 51.7 Å². The summed E-state index contributed by atoms with van der Waals surface area (Å²) < 4.78 is 0. The zero-order valence-corrected chi connectivity index (χ0v) is 12.7. The van der Waals surface area contributed by atoms with Gasteiger partial charge >= 0.3 is 0 Å². The Kier molecular flexibility index (Phi) is 7.87. The minimum atomic E-state index is 0.768. The normalized spacial score (nSPS) is 24.3. The predicted molar refractivity (Wildman–Crippen MR) is 79.8 cm³/mol. The van der Waals surface area contributed by atoms with Crippen molar-refractivity contribution in [3.63, 3.8) is 0 Å². The fourth-order valence-electron chi connectivity index (χ4n) is 3.05. The molecule has 0 aromatic heterocycles. The van der Waals surface area contributed by atoms with E-state index in [1.807, 2.05) is 0 Å². The van der Waals surface area contributed by atoms with Gasteiger partial charge in [0, 0.05) is 25.7 Å². The quantitative estimate of drug-likeness (QED) is 0.721. The van der Waals surface area contributed by atoms with Crippen LogP contribution in [0, 0.1) is 5.92 Å². The molecule has 3 nitrogen and oxygen atoms in total. The molecule has 1 aliphatic heterocycles. The molecular formula is C15H33N3. The Morgan fingerprint density at radius 2 is 2.00 bits per heavy atom. The molecule has 1 aliphatic rings. The van der Waals surface area contributed by atoms with Gasteiger partial charge in [-0.15, -0.1) is 0 Å². The van der Waals surface area contributed by atoms with Gasteiger partial charge in [0.2, 0.25) is 0 Å². The van der Waals surface area contributed by atoms with Gasteiger partial charge in [-0.1, -0.05) is 20.3 Å². The lowest BCUT2D eigenvalue weighted by Crippen LogP contribution is -2.51. The van der Waals surface area contributed by atoms with Crippen molar-refractivity contribution in [2.75, 3.05) is 39.8 Å². The van der Waals surface area contributed by atoms with Gasteiger partial charge in [-0.3, -0.25) is 0 Å². The van der Waals surface area contributed by atoms with Crippen LogP contribution in [0.25, 0.3) is 0 Å². The van der Waals surface area contributed by atoms with E-state index in [-0.39, 0.29) is 0 Å². The second kappa shape index (κ2) is 8.89. The molecule has 1 heterocycles. The highest BCUT2D eigenvalue weighted by molar-refractivity contribution is 4.79. The Labute approximate surface area is 114 Å². The summed E-state index contributed by atoms with van der Waals surface area (Å²) in [6.07, 6.45) is 6.47. The van der Waals surface area contributed by atoms with Crippen LogP contribution in [-0.4, -0.2) is 55.6 Å². The van der Waals surface area contributed by atoms with E-state index < -0.39 is 0 Å². The molecule has 0 aliphatic carbocycles. The first-order valence-electron chi connectivity index (χ1n) is 7.83. The van der Waals surface area contributed by atoms with Crippen molar-refractivity contribution in [3.8, 4) is 0 Å². The van der Waals surface area contributed by atoms with E-state index >= 15 is 0 Å². The molecule has 0 bridgehead atoms. The maximum absolute atomic E-state index is 5.66. The van der Waals surface area contributed by atoms with Gasteiger partial charge in [0.1, 0.15) is 0 Å². The molecule has 108 valence electrons. The summed E-state index contributed by atoms with van der Waals surface area (Å²) in [5.74, 6) is 0.851. The molecule has 18 heavy (non-hydrogen) atoms. The van der Waals surface area contributed by atoms with Gasteiger partial charge in [0.25, 0.3) is 0 Å². The lowest BCUT2D eigenvalue weighted by molar-refractivity contribution is 0.0909. The van der Waals surface area contributed by atoms with Crippen LogP contribution in [-0.2, 0) is 0 Å². The van der Waals surface area contributed by atoms with E-state index in [1.54, 1.807) is 0 Å². The Hall–Kier alpha value is -0.120. The molecule has 0 aromatic carbocycles. The summed E-state index contributed by atoms with van der Waals surface area (Å²) in [6.45, 7) is 10.5. The number of piperazine rings is 1. The van der Waals surface area contributed by atoms with Crippen LogP contribution in [0.3, 0.4) is 0 Å². The molecular weight excluding hydrogens is 222 g/mol. The largest absolute Gasteiger partial charge is 0.330 e. The van der Waals surface area contributed by atoms with Crippen molar-refractivity contribution in [2.45, 2.75) is 52.0 Å². The molecule has 3 heteroatoms. The highest BCUT2D eigenvalue weighted by Gasteiger charge is 2.22. The van der Waals surface area contributed by atoms with E-state index in [0.29, 0.717) is 0 Å². The minimum Gasteiger partial charge on any atom is -0.330 e. The van der Waals surface area contributed by atoms with E-state index in [2.05, 4.69) is 30.7 Å².